The number of benzene rings is 2. The van der Waals surface area contributed by atoms with Crippen LogP contribution in [0.5, 0.6) is 0 Å². The van der Waals surface area contributed by atoms with Crippen molar-refractivity contribution in [2.45, 2.75) is 38.5 Å². The van der Waals surface area contributed by atoms with E-state index in [2.05, 4.69) is 10.5 Å². The number of aromatic nitrogens is 3. The molecule has 2 aromatic carbocycles. The van der Waals surface area contributed by atoms with Gasteiger partial charge in [0, 0.05) is 26.1 Å². The first-order chi connectivity index (χ1) is 19.6. The van der Waals surface area contributed by atoms with Gasteiger partial charge in [-0.3, -0.25) is 14.3 Å². The van der Waals surface area contributed by atoms with E-state index in [1.807, 2.05) is 61.5 Å². The Bertz CT molecular complexity index is 1760. The quantitative estimate of drug-likeness (QED) is 0.351. The molecule has 10 nitrogen and oxygen atoms in total. The summed E-state index contributed by atoms with van der Waals surface area (Å²) in [6, 6.07) is 17.0. The Balaban J connectivity index is 1.28. The SMILES string of the molecule is Cc1ccc(/C=C/c2onc(C)c2S(=O)(=O)N2CCC(C(=O)Nc3c(C)n(C)n(-c4ccccc4)c3=O)CC2)cc1. The summed E-state index contributed by atoms with van der Waals surface area (Å²) >= 11 is 0. The number of nitrogens with zero attached hydrogens (tertiary/aromatic N) is 4. The summed E-state index contributed by atoms with van der Waals surface area (Å²) in [5, 5.41) is 6.73. The molecule has 214 valence electrons. The molecule has 4 aromatic rings. The molecule has 3 heterocycles. The summed E-state index contributed by atoms with van der Waals surface area (Å²) in [4.78, 5) is 26.4. The second kappa shape index (κ2) is 11.3. The molecule has 0 radical (unpaired) electrons. The molecule has 0 unspecified atom stereocenters. The minimum Gasteiger partial charge on any atom is -0.355 e. The molecular weight excluding hydrogens is 542 g/mol. The number of nitrogens with one attached hydrogen (secondary N) is 1. The molecular formula is C30H33N5O5S. The van der Waals surface area contributed by atoms with E-state index in [1.165, 1.54) is 8.99 Å². The zero-order chi connectivity index (χ0) is 29.3. The molecule has 1 fully saturated rings. The van der Waals surface area contributed by atoms with Crippen molar-refractivity contribution < 1.29 is 17.7 Å². The van der Waals surface area contributed by atoms with Crippen LogP contribution in [0.4, 0.5) is 5.69 Å². The highest BCUT2D eigenvalue weighted by Gasteiger charge is 2.36. The number of carbonyl (C=O) groups excluding carboxylic acids is 1. The second-order valence-corrected chi connectivity index (χ2v) is 12.2. The van der Waals surface area contributed by atoms with Crippen LogP contribution >= 0.6 is 0 Å². The Morgan fingerprint density at radius 2 is 1.66 bits per heavy atom. The zero-order valence-electron chi connectivity index (χ0n) is 23.5. The van der Waals surface area contributed by atoms with Crippen LogP contribution in [-0.2, 0) is 21.9 Å². The van der Waals surface area contributed by atoms with Crippen molar-refractivity contribution in [3.8, 4) is 5.69 Å². The lowest BCUT2D eigenvalue weighted by atomic mass is 9.97. The Labute approximate surface area is 238 Å². The molecule has 0 aliphatic carbocycles. The predicted octanol–water partition coefficient (Wildman–Crippen LogP) is 4.30. The molecule has 0 atom stereocenters. The summed E-state index contributed by atoms with van der Waals surface area (Å²) in [6.07, 6.45) is 4.04. The van der Waals surface area contributed by atoms with Crippen LogP contribution in [0.3, 0.4) is 0 Å². The van der Waals surface area contributed by atoms with E-state index in [1.54, 1.807) is 37.7 Å². The van der Waals surface area contributed by atoms with Crippen molar-refractivity contribution in [1.29, 1.82) is 0 Å². The summed E-state index contributed by atoms with van der Waals surface area (Å²) < 4.78 is 37.2. The van der Waals surface area contributed by atoms with E-state index in [9.17, 15) is 18.0 Å². The largest absolute Gasteiger partial charge is 0.355 e. The second-order valence-electron chi connectivity index (χ2n) is 10.3. The van der Waals surface area contributed by atoms with Gasteiger partial charge in [-0.1, -0.05) is 59.3 Å². The smallest absolute Gasteiger partial charge is 0.295 e. The van der Waals surface area contributed by atoms with Gasteiger partial charge >= 0.3 is 0 Å². The maximum Gasteiger partial charge on any atom is 0.295 e. The molecule has 0 bridgehead atoms. The van der Waals surface area contributed by atoms with E-state index < -0.39 is 15.9 Å². The van der Waals surface area contributed by atoms with Crippen LogP contribution < -0.4 is 10.9 Å². The number of sulfonamides is 1. The number of para-hydroxylation sites is 1. The maximum absolute atomic E-state index is 13.6. The molecule has 0 saturated carbocycles. The molecule has 5 rings (SSSR count). The van der Waals surface area contributed by atoms with Gasteiger partial charge in [-0.15, -0.1) is 0 Å². The lowest BCUT2D eigenvalue weighted by molar-refractivity contribution is -0.120. The molecule has 1 aliphatic heterocycles. The molecule has 1 aliphatic rings. The molecule has 0 spiro atoms. The van der Waals surface area contributed by atoms with E-state index in [0.29, 0.717) is 24.2 Å². The van der Waals surface area contributed by atoms with Crippen molar-refractivity contribution in [2.24, 2.45) is 13.0 Å². The number of amides is 1. The predicted molar refractivity (Wildman–Crippen MR) is 157 cm³/mol. The number of piperidine rings is 1. The van der Waals surface area contributed by atoms with Gasteiger partial charge in [-0.25, -0.2) is 13.1 Å². The standard InChI is InChI=1S/C30H33N5O5S/c1-20-10-12-23(13-11-20)14-15-26-28(21(2)32-40-26)41(38,39)34-18-16-24(17-19-34)29(36)31-27-22(3)33(4)35(30(27)37)25-8-6-5-7-9-25/h5-15,24H,16-19H2,1-4H3,(H,31,36)/b15-14+. The molecule has 41 heavy (non-hydrogen) atoms. The topological polar surface area (TPSA) is 119 Å². The van der Waals surface area contributed by atoms with Gasteiger partial charge in [0.05, 0.1) is 11.4 Å². The Morgan fingerprint density at radius 1 is 1.00 bits per heavy atom. The minimum absolute atomic E-state index is 0.0325. The third kappa shape index (κ3) is 5.55. The summed E-state index contributed by atoms with van der Waals surface area (Å²) in [6.45, 7) is 5.69. The van der Waals surface area contributed by atoms with Gasteiger partial charge in [-0.05, 0) is 57.4 Å². The molecule has 1 saturated heterocycles. The monoisotopic (exact) mass is 575 g/mol. The van der Waals surface area contributed by atoms with E-state index in [4.69, 9.17) is 4.52 Å². The highest BCUT2D eigenvalue weighted by molar-refractivity contribution is 7.89. The minimum atomic E-state index is -3.91. The first-order valence-electron chi connectivity index (χ1n) is 13.4. The highest BCUT2D eigenvalue weighted by atomic mass is 32.2. The Kier molecular flexibility index (Phi) is 7.83. The lowest BCUT2D eigenvalue weighted by Gasteiger charge is -2.30. The van der Waals surface area contributed by atoms with Crippen LogP contribution in [0, 0.1) is 26.7 Å². The van der Waals surface area contributed by atoms with Crippen molar-refractivity contribution in [3.63, 3.8) is 0 Å². The van der Waals surface area contributed by atoms with Gasteiger partial charge in [0.2, 0.25) is 15.9 Å². The summed E-state index contributed by atoms with van der Waals surface area (Å²) in [7, 11) is -2.14. The third-order valence-electron chi connectivity index (χ3n) is 7.56. The summed E-state index contributed by atoms with van der Waals surface area (Å²) in [5.74, 6) is -0.566. The maximum atomic E-state index is 13.6. The first-order valence-corrected chi connectivity index (χ1v) is 14.9. The Hall–Kier alpha value is -4.22. The molecule has 11 heteroatoms. The van der Waals surface area contributed by atoms with Crippen LogP contribution in [0.2, 0.25) is 0 Å². The fourth-order valence-electron chi connectivity index (χ4n) is 5.07. The van der Waals surface area contributed by atoms with E-state index in [-0.39, 0.29) is 46.6 Å². The molecule has 1 N–H and O–H groups in total. The molecule has 2 aromatic heterocycles. The number of hydrogen-bond donors (Lipinski definition) is 1. The van der Waals surface area contributed by atoms with Crippen molar-refractivity contribution >= 4 is 33.8 Å². The van der Waals surface area contributed by atoms with Gasteiger partial charge in [0.1, 0.15) is 11.4 Å². The third-order valence-corrected chi connectivity index (χ3v) is 9.62. The van der Waals surface area contributed by atoms with E-state index >= 15 is 0 Å². The van der Waals surface area contributed by atoms with E-state index in [0.717, 1.165) is 11.1 Å². The van der Waals surface area contributed by atoms with Crippen molar-refractivity contribution in [2.75, 3.05) is 18.4 Å². The van der Waals surface area contributed by atoms with Crippen molar-refractivity contribution in [1.82, 2.24) is 18.8 Å². The average molecular weight is 576 g/mol. The zero-order valence-corrected chi connectivity index (χ0v) is 24.3. The van der Waals surface area contributed by atoms with Gasteiger partial charge in [0.15, 0.2) is 10.7 Å². The average Bonchev–Trinajstić information content (AvgIpc) is 3.45. The fraction of sp³-hybridized carbons (Fsp3) is 0.300. The first kappa shape index (κ1) is 28.3. The number of anilines is 1. The van der Waals surface area contributed by atoms with Crippen molar-refractivity contribution in [3.05, 3.63) is 93.2 Å². The van der Waals surface area contributed by atoms with Gasteiger partial charge in [0.25, 0.3) is 5.56 Å². The number of hydrogen-bond acceptors (Lipinski definition) is 6. The normalized spacial score (nSPS) is 15.0. The fourth-order valence-corrected chi connectivity index (χ4v) is 6.79. The van der Waals surface area contributed by atoms with Crippen LogP contribution in [0.15, 0.2) is 68.8 Å². The van der Waals surface area contributed by atoms with Gasteiger partial charge in [-0.2, -0.15) is 4.31 Å². The number of carbonyl (C=O) groups is 1. The lowest BCUT2D eigenvalue weighted by Crippen LogP contribution is -2.42. The highest BCUT2D eigenvalue weighted by Crippen LogP contribution is 2.30. The summed E-state index contributed by atoms with van der Waals surface area (Å²) in [5.41, 5.74) is 3.54. The van der Waals surface area contributed by atoms with Crippen LogP contribution in [0.1, 0.15) is 41.1 Å². The molecule has 1 amide bonds. The Morgan fingerprint density at radius 3 is 2.32 bits per heavy atom. The number of aryl methyl sites for hydroxylation is 2. The van der Waals surface area contributed by atoms with Gasteiger partial charge < -0.3 is 9.84 Å². The van der Waals surface area contributed by atoms with Crippen LogP contribution in [0.25, 0.3) is 17.8 Å². The number of rotatable bonds is 7. The van der Waals surface area contributed by atoms with Crippen LogP contribution in [-0.4, -0.2) is 46.2 Å².